The van der Waals surface area contributed by atoms with Crippen molar-refractivity contribution in [2.45, 2.75) is 72.0 Å². The van der Waals surface area contributed by atoms with Crippen LogP contribution in [0.3, 0.4) is 0 Å². The van der Waals surface area contributed by atoms with E-state index >= 15 is 0 Å². The Morgan fingerprint density at radius 2 is 1.66 bits per heavy atom. The molecule has 4 aromatic rings. The van der Waals surface area contributed by atoms with E-state index in [1.807, 2.05) is 60.4 Å². The summed E-state index contributed by atoms with van der Waals surface area (Å²) in [5, 5.41) is 20.8. The van der Waals surface area contributed by atoms with Crippen molar-refractivity contribution in [1.29, 1.82) is 0 Å². The van der Waals surface area contributed by atoms with Gasteiger partial charge in [0.15, 0.2) is 5.69 Å². The highest BCUT2D eigenvalue weighted by molar-refractivity contribution is 6.00. The predicted octanol–water partition coefficient (Wildman–Crippen LogP) is 6.11. The van der Waals surface area contributed by atoms with Gasteiger partial charge in [0.05, 0.1) is 31.0 Å². The van der Waals surface area contributed by atoms with Gasteiger partial charge in [-0.1, -0.05) is 63.1 Å². The zero-order chi connectivity index (χ0) is 35.6. The lowest BCUT2D eigenvalue weighted by atomic mass is 9.93. The first-order valence-corrected chi connectivity index (χ1v) is 17.4. The first kappa shape index (κ1) is 36.1. The van der Waals surface area contributed by atoms with Crippen molar-refractivity contribution in [1.82, 2.24) is 24.9 Å². The number of aromatic nitrogens is 2. The van der Waals surface area contributed by atoms with Crippen molar-refractivity contribution in [3.63, 3.8) is 0 Å². The molecule has 0 aliphatic carbocycles. The molecule has 0 spiro atoms. The van der Waals surface area contributed by atoms with Crippen LogP contribution in [0.2, 0.25) is 0 Å². The van der Waals surface area contributed by atoms with Gasteiger partial charge in [-0.3, -0.25) is 9.59 Å². The number of anilines is 1. The van der Waals surface area contributed by atoms with E-state index in [1.54, 1.807) is 41.0 Å². The van der Waals surface area contributed by atoms with E-state index in [9.17, 15) is 19.5 Å². The summed E-state index contributed by atoms with van der Waals surface area (Å²) < 4.78 is 6.83. The average molecular weight is 681 g/mol. The van der Waals surface area contributed by atoms with Crippen molar-refractivity contribution in [3.8, 4) is 11.4 Å². The Labute approximate surface area is 294 Å². The van der Waals surface area contributed by atoms with Crippen molar-refractivity contribution < 1.29 is 24.2 Å². The summed E-state index contributed by atoms with van der Waals surface area (Å²) in [7, 11) is 1.60. The number of methoxy groups -OCH3 is 1. The van der Waals surface area contributed by atoms with Crippen LogP contribution in [0.1, 0.15) is 82.8 Å². The largest absolute Gasteiger partial charge is 0.497 e. The summed E-state index contributed by atoms with van der Waals surface area (Å²) in [5.74, 6) is 0.276. The smallest absolute Gasteiger partial charge is 0.319 e. The summed E-state index contributed by atoms with van der Waals surface area (Å²) in [6.07, 6.45) is 4.28. The van der Waals surface area contributed by atoms with Crippen molar-refractivity contribution in [2.24, 2.45) is 0 Å². The van der Waals surface area contributed by atoms with Crippen LogP contribution in [-0.2, 0) is 19.5 Å². The second-order valence-corrected chi connectivity index (χ2v) is 12.7. The molecule has 1 atom stereocenters. The molecule has 4 amide bonds. The van der Waals surface area contributed by atoms with Gasteiger partial charge in [0.1, 0.15) is 5.75 Å². The minimum Gasteiger partial charge on any atom is -0.497 e. The Hall–Kier alpha value is -5.16. The lowest BCUT2D eigenvalue weighted by Crippen LogP contribution is -2.46. The molecule has 11 heteroatoms. The molecule has 0 bridgehead atoms. The quantitative estimate of drug-likeness (QED) is 0.147. The first-order valence-electron chi connectivity index (χ1n) is 17.4. The van der Waals surface area contributed by atoms with Crippen LogP contribution in [0.25, 0.3) is 5.69 Å². The fourth-order valence-corrected chi connectivity index (χ4v) is 6.21. The van der Waals surface area contributed by atoms with E-state index < -0.39 is 12.1 Å². The van der Waals surface area contributed by atoms with Gasteiger partial charge in [-0.2, -0.15) is 5.10 Å². The number of aliphatic hydroxyl groups excluding tert-OH is 1. The number of aliphatic hydroxyl groups is 1. The maximum atomic E-state index is 14.5. The molecule has 3 N–H and O–H groups in total. The average Bonchev–Trinajstić information content (AvgIpc) is 3.54. The van der Waals surface area contributed by atoms with E-state index in [0.29, 0.717) is 55.4 Å². The molecule has 264 valence electrons. The zero-order valence-electron chi connectivity index (χ0n) is 29.4. The number of hydrogen-bond donors (Lipinski definition) is 3. The molecule has 1 aliphatic heterocycles. The third-order valence-corrected chi connectivity index (χ3v) is 9.11. The highest BCUT2D eigenvalue weighted by Gasteiger charge is 2.32. The molecule has 5 rings (SSSR count). The molecule has 50 heavy (non-hydrogen) atoms. The molecule has 1 aromatic heterocycles. The van der Waals surface area contributed by atoms with E-state index in [4.69, 9.17) is 9.84 Å². The second-order valence-electron chi connectivity index (χ2n) is 12.7. The standard InChI is InChI=1S/C39H48N6O5/c1-5-7-19-43(20-8-6-2)38(48)35-21-27(3)45(42-35)36-18-15-31(41-39(49)40-24-28-13-16-33(50-4)17-14-28)23-34(36)37(47)44-25-30-12-10-9-11-29(30)22-32(44)26-46/h9-18,21,23,32,46H,5-8,19-20,22,24-26H2,1-4H3,(H2,40,41,49)/t32-/m0/s1. The summed E-state index contributed by atoms with van der Waals surface area (Å²) in [4.78, 5) is 44.7. The van der Waals surface area contributed by atoms with Crippen LogP contribution < -0.4 is 15.4 Å². The fourth-order valence-electron chi connectivity index (χ4n) is 6.21. The lowest BCUT2D eigenvalue weighted by Gasteiger charge is -2.36. The number of unbranched alkanes of at least 4 members (excludes halogenated alkanes) is 2. The molecule has 0 saturated carbocycles. The van der Waals surface area contributed by atoms with Gasteiger partial charge in [0, 0.05) is 37.6 Å². The lowest BCUT2D eigenvalue weighted by molar-refractivity contribution is 0.0544. The van der Waals surface area contributed by atoms with Gasteiger partial charge >= 0.3 is 6.03 Å². The molecule has 0 unspecified atom stereocenters. The van der Waals surface area contributed by atoms with Crippen molar-refractivity contribution in [2.75, 3.05) is 32.1 Å². The number of nitrogens with one attached hydrogen (secondary N) is 2. The molecule has 0 fully saturated rings. The molecular weight excluding hydrogens is 632 g/mol. The topological polar surface area (TPSA) is 129 Å². The number of amides is 4. The number of fused-ring (bicyclic) bond motifs is 1. The fraction of sp³-hybridized carbons (Fsp3) is 0.385. The van der Waals surface area contributed by atoms with Gasteiger partial charge in [-0.25, -0.2) is 9.48 Å². The molecule has 0 saturated heterocycles. The van der Waals surface area contributed by atoms with E-state index in [0.717, 1.165) is 48.1 Å². The van der Waals surface area contributed by atoms with Crippen LogP contribution >= 0.6 is 0 Å². The van der Waals surface area contributed by atoms with Crippen molar-refractivity contribution in [3.05, 3.63) is 106 Å². The third kappa shape index (κ3) is 8.52. The monoisotopic (exact) mass is 680 g/mol. The number of ether oxygens (including phenoxy) is 1. The summed E-state index contributed by atoms with van der Waals surface area (Å²) in [6.45, 7) is 7.79. The Bertz CT molecular complexity index is 1780. The molecule has 0 radical (unpaired) electrons. The summed E-state index contributed by atoms with van der Waals surface area (Å²) in [5.41, 5.74) is 5.18. The van der Waals surface area contributed by atoms with Crippen LogP contribution in [0, 0.1) is 6.92 Å². The predicted molar refractivity (Wildman–Crippen MR) is 194 cm³/mol. The number of nitrogens with zero attached hydrogens (tertiary/aromatic N) is 4. The highest BCUT2D eigenvalue weighted by atomic mass is 16.5. The number of aryl methyl sites for hydroxylation is 1. The van der Waals surface area contributed by atoms with Crippen LogP contribution in [-0.4, -0.2) is 75.4 Å². The van der Waals surface area contributed by atoms with Crippen LogP contribution in [0.4, 0.5) is 10.5 Å². The van der Waals surface area contributed by atoms with Crippen LogP contribution in [0.5, 0.6) is 5.75 Å². The SMILES string of the molecule is CCCCN(CCCC)C(=O)c1cc(C)n(-c2ccc(NC(=O)NCc3ccc(OC)cc3)cc2C(=O)N2Cc3ccccc3C[C@H]2CO)n1. The number of benzene rings is 3. The van der Waals surface area contributed by atoms with Gasteiger partial charge in [0.25, 0.3) is 11.8 Å². The minimum absolute atomic E-state index is 0.138. The third-order valence-electron chi connectivity index (χ3n) is 9.11. The second kappa shape index (κ2) is 17.0. The molecule has 11 nitrogen and oxygen atoms in total. The van der Waals surface area contributed by atoms with E-state index in [2.05, 4.69) is 24.5 Å². The van der Waals surface area contributed by atoms with Crippen molar-refractivity contribution >= 4 is 23.5 Å². The van der Waals surface area contributed by atoms with E-state index in [-0.39, 0.29) is 24.0 Å². The molecule has 2 heterocycles. The Morgan fingerprint density at radius 3 is 2.32 bits per heavy atom. The Kier molecular flexibility index (Phi) is 12.3. The number of carbonyl (C=O) groups is 3. The van der Waals surface area contributed by atoms with Crippen LogP contribution in [0.15, 0.2) is 72.8 Å². The normalized spacial score (nSPS) is 13.8. The highest BCUT2D eigenvalue weighted by Crippen LogP contribution is 2.29. The number of carbonyl (C=O) groups excluding carboxylic acids is 3. The Morgan fingerprint density at radius 1 is 0.960 bits per heavy atom. The van der Waals surface area contributed by atoms with Gasteiger partial charge < -0.3 is 30.3 Å². The molecule has 3 aromatic carbocycles. The van der Waals surface area contributed by atoms with Gasteiger partial charge in [-0.15, -0.1) is 0 Å². The Balaban J connectivity index is 1.46. The summed E-state index contributed by atoms with van der Waals surface area (Å²) in [6, 6.07) is 21.3. The summed E-state index contributed by atoms with van der Waals surface area (Å²) >= 11 is 0. The number of urea groups is 1. The van der Waals surface area contributed by atoms with Gasteiger partial charge in [-0.05, 0) is 79.3 Å². The molecule has 1 aliphatic rings. The first-order chi connectivity index (χ1) is 24.3. The van der Waals surface area contributed by atoms with E-state index in [1.165, 1.54) is 0 Å². The molecular formula is C39H48N6O5. The maximum Gasteiger partial charge on any atom is 0.319 e. The zero-order valence-corrected chi connectivity index (χ0v) is 29.4. The maximum absolute atomic E-state index is 14.5. The minimum atomic E-state index is -0.436. The van der Waals surface area contributed by atoms with Gasteiger partial charge in [0.2, 0.25) is 0 Å². The number of rotatable bonds is 14. The number of hydrogen-bond acceptors (Lipinski definition) is 6.